The summed E-state index contributed by atoms with van der Waals surface area (Å²) in [5.41, 5.74) is 1.93. The van der Waals surface area contributed by atoms with Crippen molar-refractivity contribution in [2.45, 2.75) is 0 Å². The molecular formula is C11H8N2O. The zero-order valence-corrected chi connectivity index (χ0v) is 7.40. The minimum absolute atomic E-state index is 0.818. The molecule has 0 fully saturated rings. The minimum atomic E-state index is 0.818. The maximum atomic E-state index is 5.35. The Labute approximate surface area is 81.0 Å². The molecule has 0 unspecified atom stereocenters. The number of benzene rings is 1. The van der Waals surface area contributed by atoms with E-state index in [1.807, 2.05) is 24.3 Å². The van der Waals surface area contributed by atoms with Crippen LogP contribution in [-0.4, -0.2) is 4.98 Å². The lowest BCUT2D eigenvalue weighted by atomic mass is 10.2. The Hall–Kier alpha value is -2.03. The summed E-state index contributed by atoms with van der Waals surface area (Å²) in [7, 11) is 0. The lowest BCUT2D eigenvalue weighted by Crippen LogP contribution is -1.99. The average Bonchev–Trinajstić information content (AvgIpc) is 2.26. The molecule has 0 bridgehead atoms. The first-order chi connectivity index (χ1) is 6.93. The SMILES string of the molecule is C1=COc2cc3ncccc3cc2N1. The van der Waals surface area contributed by atoms with Gasteiger partial charge in [-0.2, -0.15) is 0 Å². The molecule has 0 aliphatic carbocycles. The topological polar surface area (TPSA) is 34.1 Å². The van der Waals surface area contributed by atoms with E-state index in [2.05, 4.69) is 10.3 Å². The number of nitrogens with one attached hydrogen (secondary N) is 1. The van der Waals surface area contributed by atoms with E-state index in [-0.39, 0.29) is 0 Å². The van der Waals surface area contributed by atoms with Crippen molar-refractivity contribution in [1.82, 2.24) is 4.98 Å². The molecule has 1 aliphatic rings. The van der Waals surface area contributed by atoms with Gasteiger partial charge in [0.2, 0.25) is 0 Å². The quantitative estimate of drug-likeness (QED) is 0.683. The molecule has 14 heavy (non-hydrogen) atoms. The first kappa shape index (κ1) is 7.38. The Morgan fingerprint density at radius 3 is 3.29 bits per heavy atom. The predicted octanol–water partition coefficient (Wildman–Crippen LogP) is 2.51. The number of rotatable bonds is 0. The van der Waals surface area contributed by atoms with Crippen LogP contribution in [0.25, 0.3) is 10.9 Å². The highest BCUT2D eigenvalue weighted by Gasteiger charge is 2.07. The van der Waals surface area contributed by atoms with Gasteiger partial charge in [-0.1, -0.05) is 6.07 Å². The van der Waals surface area contributed by atoms with Crippen molar-refractivity contribution in [3.8, 4) is 5.75 Å². The molecule has 3 nitrogen and oxygen atoms in total. The van der Waals surface area contributed by atoms with Crippen LogP contribution < -0.4 is 10.1 Å². The molecule has 1 N–H and O–H groups in total. The maximum Gasteiger partial charge on any atom is 0.152 e. The summed E-state index contributed by atoms with van der Waals surface area (Å²) in [6.07, 6.45) is 5.17. The number of anilines is 1. The standard InChI is InChI=1S/C11H8N2O/c1-2-8-6-10-11(14-5-4-13-10)7-9(8)12-3-1/h1-7,13H. The molecule has 0 radical (unpaired) electrons. The molecule has 68 valence electrons. The van der Waals surface area contributed by atoms with E-state index in [0.29, 0.717) is 0 Å². The Bertz CT molecular complexity index is 473. The van der Waals surface area contributed by atoms with Gasteiger partial charge in [0.05, 0.1) is 11.2 Å². The van der Waals surface area contributed by atoms with Crippen LogP contribution in [0.5, 0.6) is 5.75 Å². The predicted molar refractivity (Wildman–Crippen MR) is 55.1 cm³/mol. The normalized spacial score (nSPS) is 13.1. The van der Waals surface area contributed by atoms with E-state index in [4.69, 9.17) is 4.74 Å². The molecule has 1 aliphatic heterocycles. The Morgan fingerprint density at radius 2 is 2.29 bits per heavy atom. The van der Waals surface area contributed by atoms with Gasteiger partial charge in [0.25, 0.3) is 0 Å². The number of nitrogens with zero attached hydrogens (tertiary/aromatic N) is 1. The number of hydrogen-bond donors (Lipinski definition) is 1. The van der Waals surface area contributed by atoms with Crippen molar-refractivity contribution >= 4 is 16.6 Å². The monoisotopic (exact) mass is 184 g/mol. The Balaban J connectivity index is 2.30. The third kappa shape index (κ3) is 1.03. The first-order valence-electron chi connectivity index (χ1n) is 4.40. The average molecular weight is 184 g/mol. The van der Waals surface area contributed by atoms with Gasteiger partial charge in [0.1, 0.15) is 6.26 Å². The molecule has 3 heteroatoms. The number of aromatic nitrogens is 1. The molecule has 1 aromatic carbocycles. The van der Waals surface area contributed by atoms with Crippen LogP contribution in [0, 0.1) is 0 Å². The second-order valence-corrected chi connectivity index (χ2v) is 3.11. The summed E-state index contributed by atoms with van der Waals surface area (Å²) in [6.45, 7) is 0. The molecule has 0 atom stereocenters. The maximum absolute atomic E-state index is 5.35. The minimum Gasteiger partial charge on any atom is -0.461 e. The molecule has 0 saturated carbocycles. The van der Waals surface area contributed by atoms with Crippen LogP contribution in [0.4, 0.5) is 5.69 Å². The molecular weight excluding hydrogens is 176 g/mol. The molecule has 2 aromatic rings. The van der Waals surface area contributed by atoms with Gasteiger partial charge in [-0.05, 0) is 12.1 Å². The molecule has 2 heterocycles. The Morgan fingerprint density at radius 1 is 1.29 bits per heavy atom. The zero-order chi connectivity index (χ0) is 9.38. The first-order valence-corrected chi connectivity index (χ1v) is 4.40. The van der Waals surface area contributed by atoms with E-state index in [9.17, 15) is 0 Å². The molecule has 1 aromatic heterocycles. The summed E-state index contributed by atoms with van der Waals surface area (Å²) in [6, 6.07) is 7.92. The van der Waals surface area contributed by atoms with Crippen molar-refractivity contribution in [2.75, 3.05) is 5.32 Å². The third-order valence-corrected chi connectivity index (χ3v) is 2.21. The van der Waals surface area contributed by atoms with E-state index in [0.717, 1.165) is 22.3 Å². The largest absolute Gasteiger partial charge is 0.461 e. The summed E-state index contributed by atoms with van der Waals surface area (Å²) in [5, 5.41) is 4.23. The number of ether oxygens (including phenoxy) is 1. The highest BCUT2D eigenvalue weighted by Crippen LogP contribution is 2.31. The molecule has 0 spiro atoms. The van der Waals surface area contributed by atoms with Gasteiger partial charge in [-0.15, -0.1) is 0 Å². The fourth-order valence-electron chi connectivity index (χ4n) is 1.54. The summed E-state index contributed by atoms with van der Waals surface area (Å²) < 4.78 is 5.35. The number of pyridine rings is 1. The lowest BCUT2D eigenvalue weighted by Gasteiger charge is -2.13. The van der Waals surface area contributed by atoms with Crippen molar-refractivity contribution in [3.63, 3.8) is 0 Å². The van der Waals surface area contributed by atoms with Crippen LogP contribution >= 0.6 is 0 Å². The van der Waals surface area contributed by atoms with Gasteiger partial charge in [-0.3, -0.25) is 4.98 Å². The number of hydrogen-bond acceptors (Lipinski definition) is 3. The van der Waals surface area contributed by atoms with Crippen LogP contribution in [-0.2, 0) is 0 Å². The van der Waals surface area contributed by atoms with Crippen LogP contribution in [0.1, 0.15) is 0 Å². The highest BCUT2D eigenvalue weighted by molar-refractivity contribution is 5.86. The number of fused-ring (bicyclic) bond motifs is 2. The fraction of sp³-hybridized carbons (Fsp3) is 0. The summed E-state index contributed by atoms with van der Waals surface area (Å²) >= 11 is 0. The van der Waals surface area contributed by atoms with E-state index >= 15 is 0 Å². The van der Waals surface area contributed by atoms with Gasteiger partial charge in [-0.25, -0.2) is 0 Å². The van der Waals surface area contributed by atoms with Crippen molar-refractivity contribution < 1.29 is 4.74 Å². The lowest BCUT2D eigenvalue weighted by molar-refractivity contribution is 0.478. The molecule has 0 saturated heterocycles. The van der Waals surface area contributed by atoms with Gasteiger partial charge in [0.15, 0.2) is 5.75 Å². The fourth-order valence-corrected chi connectivity index (χ4v) is 1.54. The van der Waals surface area contributed by atoms with E-state index < -0.39 is 0 Å². The van der Waals surface area contributed by atoms with Crippen molar-refractivity contribution in [2.24, 2.45) is 0 Å². The smallest absolute Gasteiger partial charge is 0.152 e. The molecule has 3 rings (SSSR count). The van der Waals surface area contributed by atoms with Crippen LogP contribution in [0.3, 0.4) is 0 Å². The second kappa shape index (κ2) is 2.73. The Kier molecular flexibility index (Phi) is 1.44. The highest BCUT2D eigenvalue weighted by atomic mass is 16.5. The van der Waals surface area contributed by atoms with Crippen LogP contribution in [0.2, 0.25) is 0 Å². The van der Waals surface area contributed by atoms with Gasteiger partial charge in [0, 0.05) is 23.8 Å². The zero-order valence-electron chi connectivity index (χ0n) is 7.40. The van der Waals surface area contributed by atoms with E-state index in [1.54, 1.807) is 18.7 Å². The van der Waals surface area contributed by atoms with Gasteiger partial charge >= 0.3 is 0 Å². The van der Waals surface area contributed by atoms with Gasteiger partial charge < -0.3 is 10.1 Å². The third-order valence-electron chi connectivity index (χ3n) is 2.21. The summed E-state index contributed by atoms with van der Waals surface area (Å²) in [4.78, 5) is 4.26. The van der Waals surface area contributed by atoms with Crippen molar-refractivity contribution in [1.29, 1.82) is 0 Å². The van der Waals surface area contributed by atoms with E-state index in [1.165, 1.54) is 0 Å². The molecule has 0 amide bonds. The second-order valence-electron chi connectivity index (χ2n) is 3.11. The van der Waals surface area contributed by atoms with Crippen LogP contribution in [0.15, 0.2) is 42.9 Å². The summed E-state index contributed by atoms with van der Waals surface area (Å²) in [5.74, 6) is 0.818. The van der Waals surface area contributed by atoms with Crippen molar-refractivity contribution in [3.05, 3.63) is 42.9 Å².